The van der Waals surface area contributed by atoms with Crippen LogP contribution in [0.25, 0.3) is 0 Å². The summed E-state index contributed by atoms with van der Waals surface area (Å²) in [5, 5.41) is 31.5. The molecule has 0 spiro atoms. The molecule has 0 aliphatic rings. The van der Waals surface area contributed by atoms with Crippen LogP contribution in [0.15, 0.2) is 0 Å². The molecule has 0 saturated heterocycles. The van der Waals surface area contributed by atoms with E-state index >= 15 is 0 Å². The Morgan fingerprint density at radius 3 is 0.576 bits per heavy atom. The molecule has 0 aromatic heterocycles. The van der Waals surface area contributed by atoms with Crippen molar-refractivity contribution in [3.8, 4) is 0 Å². The van der Waals surface area contributed by atoms with E-state index in [0.717, 1.165) is 0 Å². The van der Waals surface area contributed by atoms with Crippen molar-refractivity contribution in [2.24, 2.45) is 0 Å². The first-order chi connectivity index (χ1) is 14.9. The van der Waals surface area contributed by atoms with Crippen molar-refractivity contribution >= 4 is 47.0 Å². The highest BCUT2D eigenvalue weighted by molar-refractivity contribution is 5.94. The molecule has 33 heavy (non-hydrogen) atoms. The van der Waals surface area contributed by atoms with Gasteiger partial charge in [-0.1, -0.05) is 33.1 Å². The minimum atomic E-state index is -1.06. The van der Waals surface area contributed by atoms with Gasteiger partial charge in [-0.3, -0.25) is 38.4 Å². The van der Waals surface area contributed by atoms with E-state index in [1.807, 2.05) is 0 Å². The first-order valence-electron chi connectivity index (χ1n) is 9.77. The summed E-state index contributed by atoms with van der Waals surface area (Å²) < 4.78 is 0. The van der Waals surface area contributed by atoms with Gasteiger partial charge in [0.15, 0.2) is 0 Å². The molecule has 12 nitrogen and oxygen atoms in total. The van der Waals surface area contributed by atoms with Crippen molar-refractivity contribution in [2.45, 2.75) is 86.5 Å². The molecule has 0 unspecified atom stereocenters. The van der Waals surface area contributed by atoms with Gasteiger partial charge in [-0.05, 0) is 27.7 Å². The molecular weight excluding hydrogens is 444 g/mol. The lowest BCUT2D eigenvalue weighted by Crippen LogP contribution is -2.00. The Morgan fingerprint density at radius 1 is 0.424 bits per heavy atom. The fourth-order valence-electron chi connectivity index (χ4n) is 1.21. The molecule has 0 aliphatic heterocycles. The molecule has 12 heteroatoms. The molecule has 0 radical (unpaired) electrons. The molecule has 192 valence electrons. The summed E-state index contributed by atoms with van der Waals surface area (Å²) in [6.07, 6.45) is 2.63. The molecule has 0 bridgehead atoms. The number of hydrogen-bond donors (Lipinski definition) is 4. The number of carbonyl (C=O) groups is 8. The van der Waals surface area contributed by atoms with Gasteiger partial charge >= 0.3 is 23.9 Å². The van der Waals surface area contributed by atoms with Crippen LogP contribution in [0.4, 0.5) is 0 Å². The zero-order valence-corrected chi connectivity index (χ0v) is 20.0. The molecule has 0 rings (SSSR count). The molecule has 0 aliphatic carbocycles. The molecule has 0 saturated carbocycles. The van der Waals surface area contributed by atoms with Crippen LogP contribution >= 0.6 is 0 Å². The average molecular weight is 481 g/mol. The Labute approximate surface area is 193 Å². The predicted molar refractivity (Wildman–Crippen MR) is 117 cm³/mol. The Bertz CT molecular complexity index is 481. The van der Waals surface area contributed by atoms with E-state index in [4.69, 9.17) is 20.4 Å². The van der Waals surface area contributed by atoms with Crippen molar-refractivity contribution in [3.63, 3.8) is 0 Å². The van der Waals surface area contributed by atoms with E-state index in [2.05, 4.69) is 13.8 Å². The SMILES string of the molecule is CC(=O)CC(=O)O.CC(=O)CC(=O)O.CC(=O)CC(=O)O.CC(=O)CC(=O)O.CCCCC. The van der Waals surface area contributed by atoms with E-state index in [0.29, 0.717) is 0 Å². The minimum Gasteiger partial charge on any atom is -0.481 e. The molecule has 0 aromatic rings. The number of aliphatic carboxylic acids is 4. The second-order valence-corrected chi connectivity index (χ2v) is 6.44. The molecule has 0 aromatic carbocycles. The topological polar surface area (TPSA) is 217 Å². The maximum absolute atomic E-state index is 9.87. The molecule has 0 amide bonds. The smallest absolute Gasteiger partial charge is 0.310 e. The lowest BCUT2D eigenvalue weighted by Gasteiger charge is -1.80. The van der Waals surface area contributed by atoms with E-state index in [9.17, 15) is 38.4 Å². The van der Waals surface area contributed by atoms with Crippen LogP contribution < -0.4 is 0 Å². The van der Waals surface area contributed by atoms with Gasteiger partial charge in [-0.2, -0.15) is 0 Å². The number of hydrogen-bond acceptors (Lipinski definition) is 8. The third-order valence-electron chi connectivity index (χ3n) is 2.31. The number of unbranched alkanes of at least 4 members (excludes halogenated alkanes) is 2. The summed E-state index contributed by atoms with van der Waals surface area (Å²) in [5.74, 6) is -5.50. The van der Waals surface area contributed by atoms with Crippen molar-refractivity contribution in [2.75, 3.05) is 0 Å². The summed E-state index contributed by atoms with van der Waals surface area (Å²) in [7, 11) is 0. The monoisotopic (exact) mass is 480 g/mol. The van der Waals surface area contributed by atoms with Gasteiger partial charge in [-0.15, -0.1) is 0 Å². The highest BCUT2D eigenvalue weighted by Crippen LogP contribution is 1.88. The first-order valence-corrected chi connectivity index (χ1v) is 9.77. The van der Waals surface area contributed by atoms with Crippen LogP contribution in [-0.2, 0) is 38.4 Å². The van der Waals surface area contributed by atoms with E-state index in [1.165, 1.54) is 47.0 Å². The fraction of sp³-hybridized carbons (Fsp3) is 0.619. The number of carboxylic acids is 4. The van der Waals surface area contributed by atoms with E-state index in [-0.39, 0.29) is 48.8 Å². The van der Waals surface area contributed by atoms with Crippen LogP contribution in [0, 0.1) is 0 Å². The largest absolute Gasteiger partial charge is 0.481 e. The van der Waals surface area contributed by atoms with E-state index in [1.54, 1.807) is 0 Å². The van der Waals surface area contributed by atoms with Gasteiger partial charge in [0.1, 0.15) is 48.8 Å². The van der Waals surface area contributed by atoms with Crippen LogP contribution in [-0.4, -0.2) is 67.4 Å². The number of ketones is 4. The highest BCUT2D eigenvalue weighted by atomic mass is 16.4. The van der Waals surface area contributed by atoms with Crippen LogP contribution in [0.5, 0.6) is 0 Å². The number of carboxylic acid groups (broad SMARTS) is 4. The van der Waals surface area contributed by atoms with Gasteiger partial charge in [0.2, 0.25) is 0 Å². The lowest BCUT2D eigenvalue weighted by atomic mass is 10.3. The Morgan fingerprint density at radius 2 is 0.576 bits per heavy atom. The van der Waals surface area contributed by atoms with Crippen LogP contribution in [0.2, 0.25) is 0 Å². The average Bonchev–Trinajstić information content (AvgIpc) is 2.52. The second-order valence-electron chi connectivity index (χ2n) is 6.44. The van der Waals surface area contributed by atoms with Crippen molar-refractivity contribution in [3.05, 3.63) is 0 Å². The van der Waals surface area contributed by atoms with Crippen molar-refractivity contribution in [1.29, 1.82) is 0 Å². The van der Waals surface area contributed by atoms with Gasteiger partial charge < -0.3 is 20.4 Å². The van der Waals surface area contributed by atoms with Gasteiger partial charge in [0, 0.05) is 0 Å². The second kappa shape index (κ2) is 28.6. The Hall–Kier alpha value is -3.44. The Balaban J connectivity index is -0.0000000995. The summed E-state index contributed by atoms with van der Waals surface area (Å²) in [4.78, 5) is 77.8. The third-order valence-corrected chi connectivity index (χ3v) is 2.31. The third kappa shape index (κ3) is 95.0. The van der Waals surface area contributed by atoms with Crippen molar-refractivity contribution < 1.29 is 58.8 Å². The molecule has 0 heterocycles. The maximum atomic E-state index is 9.87. The molecule has 4 N–H and O–H groups in total. The number of carbonyl (C=O) groups excluding carboxylic acids is 4. The zero-order valence-electron chi connectivity index (χ0n) is 20.0. The molecule has 0 atom stereocenters. The molecular formula is C21H36O12. The van der Waals surface area contributed by atoms with Gasteiger partial charge in [0.25, 0.3) is 0 Å². The van der Waals surface area contributed by atoms with Gasteiger partial charge in [-0.25, -0.2) is 0 Å². The first kappa shape index (κ1) is 40.0. The zero-order chi connectivity index (χ0) is 27.6. The normalized spacial score (nSPS) is 8.18. The predicted octanol–water partition coefficient (Wildman–Crippen LogP) is 2.40. The summed E-state index contributed by atoms with van der Waals surface area (Å²) in [5.41, 5.74) is 0. The van der Waals surface area contributed by atoms with Gasteiger partial charge in [0.05, 0.1) is 0 Å². The Kier molecular flexibility index (Phi) is 34.6. The van der Waals surface area contributed by atoms with Crippen LogP contribution in [0.1, 0.15) is 86.5 Å². The summed E-state index contributed by atoms with van der Waals surface area (Å²) in [6, 6.07) is 0. The maximum Gasteiger partial charge on any atom is 0.310 e. The standard InChI is InChI=1S/C5H12.4C4H6O3/c1-3-5-4-2;4*1-3(5)2-4(6)7/h3-5H2,1-2H3;4*2H2,1H3,(H,6,7). The number of rotatable bonds is 10. The number of Topliss-reactive ketones (excluding diaryl/α,β-unsaturated/α-hetero) is 4. The lowest BCUT2D eigenvalue weighted by molar-refractivity contribution is -0.141. The summed E-state index contributed by atoms with van der Waals surface area (Å²) >= 11 is 0. The summed E-state index contributed by atoms with van der Waals surface area (Å²) in [6.45, 7) is 9.40. The van der Waals surface area contributed by atoms with E-state index < -0.39 is 23.9 Å². The van der Waals surface area contributed by atoms with Crippen molar-refractivity contribution in [1.82, 2.24) is 0 Å². The quantitative estimate of drug-likeness (QED) is 0.331. The van der Waals surface area contributed by atoms with Crippen LogP contribution in [0.3, 0.4) is 0 Å². The highest BCUT2D eigenvalue weighted by Gasteiger charge is 1.99. The minimum absolute atomic E-state index is 0.312. The molecule has 0 fully saturated rings. The fourth-order valence-corrected chi connectivity index (χ4v) is 1.21.